The maximum atomic E-state index is 5.57. The van der Waals surface area contributed by atoms with E-state index in [2.05, 4.69) is 10.4 Å². The molecule has 5 nitrogen and oxygen atoms in total. The number of hydrogen-bond donors (Lipinski definition) is 1. The summed E-state index contributed by atoms with van der Waals surface area (Å²) in [6.07, 6.45) is 5.32. The van der Waals surface area contributed by atoms with Crippen LogP contribution in [-0.4, -0.2) is 16.8 Å². The van der Waals surface area contributed by atoms with Crippen molar-refractivity contribution < 1.29 is 9.15 Å². The first kappa shape index (κ1) is 11.7. The van der Waals surface area contributed by atoms with Crippen LogP contribution >= 0.6 is 0 Å². The van der Waals surface area contributed by atoms with Gasteiger partial charge in [0.25, 0.3) is 0 Å². The number of nitrogens with zero attached hydrogens (tertiary/aromatic N) is 2. The number of nitrogens with one attached hydrogen (secondary N) is 1. The van der Waals surface area contributed by atoms with Crippen LogP contribution in [-0.2, 0) is 19.7 Å². The summed E-state index contributed by atoms with van der Waals surface area (Å²) in [5.74, 6) is 1.58. The number of furan rings is 1. The Bertz CT molecular complexity index is 462. The lowest BCUT2D eigenvalue weighted by Gasteiger charge is -1.99. The molecule has 0 fully saturated rings. The Morgan fingerprint density at radius 1 is 1.53 bits per heavy atom. The molecule has 0 aliphatic heterocycles. The van der Waals surface area contributed by atoms with Crippen LogP contribution in [0.25, 0.3) is 0 Å². The van der Waals surface area contributed by atoms with Gasteiger partial charge < -0.3 is 14.5 Å². The number of hydrogen-bond acceptors (Lipinski definition) is 4. The molecule has 0 aliphatic carbocycles. The molecule has 0 saturated carbocycles. The molecular weight excluding hydrogens is 218 g/mol. The Morgan fingerprint density at radius 2 is 2.41 bits per heavy atom. The fraction of sp³-hybridized carbons (Fsp3) is 0.417. The molecule has 5 heteroatoms. The molecule has 0 spiro atoms. The molecule has 0 saturated heterocycles. The van der Waals surface area contributed by atoms with Gasteiger partial charge >= 0.3 is 0 Å². The predicted octanol–water partition coefficient (Wildman–Crippen LogP) is 1.79. The first-order chi connectivity index (χ1) is 8.31. The van der Waals surface area contributed by atoms with E-state index in [9.17, 15) is 0 Å². The third kappa shape index (κ3) is 3.10. The Hall–Kier alpha value is -1.75. The van der Waals surface area contributed by atoms with Crippen molar-refractivity contribution in [2.75, 3.05) is 7.05 Å². The maximum absolute atomic E-state index is 5.57. The van der Waals surface area contributed by atoms with Gasteiger partial charge in [-0.25, -0.2) is 0 Å². The van der Waals surface area contributed by atoms with Crippen molar-refractivity contribution in [1.29, 1.82) is 0 Å². The Labute approximate surface area is 100 Å². The van der Waals surface area contributed by atoms with E-state index in [-0.39, 0.29) is 0 Å². The molecule has 2 rings (SSSR count). The number of rotatable bonds is 6. The van der Waals surface area contributed by atoms with Crippen molar-refractivity contribution in [3.63, 3.8) is 0 Å². The fourth-order valence-electron chi connectivity index (χ4n) is 1.55. The molecule has 17 heavy (non-hydrogen) atoms. The summed E-state index contributed by atoms with van der Waals surface area (Å²) < 4.78 is 12.8. The summed E-state index contributed by atoms with van der Waals surface area (Å²) >= 11 is 0. The van der Waals surface area contributed by atoms with Crippen molar-refractivity contribution in [1.82, 2.24) is 15.1 Å². The highest BCUT2D eigenvalue weighted by Crippen LogP contribution is 2.13. The van der Waals surface area contributed by atoms with Crippen LogP contribution in [0.15, 0.2) is 29.1 Å². The lowest BCUT2D eigenvalue weighted by molar-refractivity contribution is 0.270. The average molecular weight is 235 g/mol. The summed E-state index contributed by atoms with van der Waals surface area (Å²) in [5.41, 5.74) is 1.12. The molecule has 0 atom stereocenters. The summed E-state index contributed by atoms with van der Waals surface area (Å²) in [7, 11) is 1.91. The Balaban J connectivity index is 1.88. The maximum Gasteiger partial charge on any atom is 0.157 e. The smallest absolute Gasteiger partial charge is 0.157 e. The third-order valence-corrected chi connectivity index (χ3v) is 2.40. The minimum Gasteiger partial charge on any atom is -0.482 e. The van der Waals surface area contributed by atoms with Crippen LogP contribution in [0.1, 0.15) is 18.2 Å². The van der Waals surface area contributed by atoms with Crippen molar-refractivity contribution in [3.05, 3.63) is 36.0 Å². The average Bonchev–Trinajstić information content (AvgIpc) is 2.95. The minimum absolute atomic E-state index is 0.430. The summed E-state index contributed by atoms with van der Waals surface area (Å²) in [6, 6.07) is 1.99. The van der Waals surface area contributed by atoms with E-state index < -0.39 is 0 Å². The fourth-order valence-corrected chi connectivity index (χ4v) is 1.55. The SMILES string of the molecule is CCn1cc(OCc2cc(CNC)co2)cn1. The molecule has 0 aromatic carbocycles. The molecular formula is C12H17N3O2. The lowest BCUT2D eigenvalue weighted by atomic mass is 10.3. The first-order valence-electron chi connectivity index (χ1n) is 5.68. The highest BCUT2D eigenvalue weighted by Gasteiger charge is 2.03. The van der Waals surface area contributed by atoms with Gasteiger partial charge in [0.05, 0.1) is 18.7 Å². The number of aryl methyl sites for hydroxylation is 1. The molecule has 2 aromatic heterocycles. The van der Waals surface area contributed by atoms with Crippen molar-refractivity contribution in [2.45, 2.75) is 26.6 Å². The van der Waals surface area contributed by atoms with Gasteiger partial charge in [-0.15, -0.1) is 0 Å². The molecule has 2 heterocycles. The largest absolute Gasteiger partial charge is 0.482 e. The van der Waals surface area contributed by atoms with Crippen LogP contribution < -0.4 is 10.1 Å². The Kier molecular flexibility index (Phi) is 3.82. The van der Waals surface area contributed by atoms with E-state index in [1.807, 2.05) is 30.9 Å². The summed E-state index contributed by atoms with van der Waals surface area (Å²) in [5, 5.41) is 7.20. The van der Waals surface area contributed by atoms with Crippen molar-refractivity contribution >= 4 is 0 Å². The highest BCUT2D eigenvalue weighted by molar-refractivity contribution is 5.15. The zero-order valence-electron chi connectivity index (χ0n) is 10.1. The van der Waals surface area contributed by atoms with Crippen LogP contribution in [0.2, 0.25) is 0 Å². The minimum atomic E-state index is 0.430. The molecule has 92 valence electrons. The second-order valence-electron chi connectivity index (χ2n) is 3.77. The van der Waals surface area contributed by atoms with Gasteiger partial charge in [0.2, 0.25) is 0 Å². The monoisotopic (exact) mass is 235 g/mol. The van der Waals surface area contributed by atoms with Gasteiger partial charge in [-0.05, 0) is 20.0 Å². The second-order valence-corrected chi connectivity index (χ2v) is 3.77. The van der Waals surface area contributed by atoms with Gasteiger partial charge in [0.15, 0.2) is 5.75 Å². The van der Waals surface area contributed by atoms with E-state index in [4.69, 9.17) is 9.15 Å². The van der Waals surface area contributed by atoms with Gasteiger partial charge in [-0.1, -0.05) is 0 Å². The van der Waals surface area contributed by atoms with Gasteiger partial charge in [-0.3, -0.25) is 4.68 Å². The molecule has 0 aliphatic rings. The zero-order chi connectivity index (χ0) is 12.1. The molecule has 0 unspecified atom stereocenters. The summed E-state index contributed by atoms with van der Waals surface area (Å²) in [6.45, 7) is 4.11. The molecule has 0 radical (unpaired) electrons. The molecule has 0 amide bonds. The van der Waals surface area contributed by atoms with E-state index in [1.165, 1.54) is 0 Å². The normalized spacial score (nSPS) is 10.7. The topological polar surface area (TPSA) is 52.2 Å². The first-order valence-corrected chi connectivity index (χ1v) is 5.68. The zero-order valence-corrected chi connectivity index (χ0v) is 10.1. The van der Waals surface area contributed by atoms with Crippen LogP contribution in [0.3, 0.4) is 0 Å². The standard InChI is InChI=1S/C12H17N3O2/c1-3-15-7-12(6-14-15)17-9-11-4-10(5-13-2)8-16-11/h4,6-8,13H,3,5,9H2,1-2H3. The Morgan fingerprint density at radius 3 is 3.12 bits per heavy atom. The van der Waals surface area contributed by atoms with E-state index in [1.54, 1.807) is 12.5 Å². The van der Waals surface area contributed by atoms with E-state index in [0.717, 1.165) is 30.2 Å². The quantitative estimate of drug-likeness (QED) is 0.829. The lowest BCUT2D eigenvalue weighted by Crippen LogP contribution is -2.03. The van der Waals surface area contributed by atoms with Crippen molar-refractivity contribution in [3.8, 4) is 5.75 Å². The van der Waals surface area contributed by atoms with Gasteiger partial charge in [0, 0.05) is 18.7 Å². The van der Waals surface area contributed by atoms with Crippen LogP contribution in [0, 0.1) is 0 Å². The van der Waals surface area contributed by atoms with E-state index in [0.29, 0.717) is 6.61 Å². The van der Waals surface area contributed by atoms with E-state index >= 15 is 0 Å². The number of ether oxygens (including phenoxy) is 1. The van der Waals surface area contributed by atoms with Crippen LogP contribution in [0.4, 0.5) is 0 Å². The van der Waals surface area contributed by atoms with Gasteiger partial charge in [-0.2, -0.15) is 5.10 Å². The third-order valence-electron chi connectivity index (χ3n) is 2.40. The highest BCUT2D eigenvalue weighted by atomic mass is 16.5. The van der Waals surface area contributed by atoms with Gasteiger partial charge in [0.1, 0.15) is 12.4 Å². The second kappa shape index (κ2) is 5.54. The number of aromatic nitrogens is 2. The predicted molar refractivity (Wildman–Crippen MR) is 63.7 cm³/mol. The molecule has 2 aromatic rings. The van der Waals surface area contributed by atoms with Crippen molar-refractivity contribution in [2.24, 2.45) is 0 Å². The van der Waals surface area contributed by atoms with Crippen LogP contribution in [0.5, 0.6) is 5.75 Å². The summed E-state index contributed by atoms with van der Waals surface area (Å²) in [4.78, 5) is 0. The molecule has 1 N–H and O–H groups in total. The molecule has 0 bridgehead atoms.